The lowest BCUT2D eigenvalue weighted by Gasteiger charge is -2.27. The van der Waals surface area contributed by atoms with E-state index in [2.05, 4.69) is 15.7 Å². The molecule has 0 aliphatic carbocycles. The van der Waals surface area contributed by atoms with E-state index in [4.69, 9.17) is 0 Å². The molecule has 2 aromatic carbocycles. The maximum atomic E-state index is 14.4. The van der Waals surface area contributed by atoms with E-state index in [1.807, 2.05) is 17.0 Å². The monoisotopic (exact) mass is 451 g/mol. The second-order valence-corrected chi connectivity index (χ2v) is 7.88. The molecule has 0 spiro atoms. The highest BCUT2D eigenvalue weighted by Gasteiger charge is 2.29. The lowest BCUT2D eigenvalue weighted by molar-refractivity contribution is 0.262. The molecule has 2 amide bonds. The first-order valence-electron chi connectivity index (χ1n) is 10.5. The van der Waals surface area contributed by atoms with Gasteiger partial charge in [-0.05, 0) is 67.4 Å². The van der Waals surface area contributed by atoms with Gasteiger partial charge in [-0.15, -0.1) is 0 Å². The van der Waals surface area contributed by atoms with Crippen LogP contribution in [0.1, 0.15) is 24.4 Å². The fraction of sp³-hybridized carbons (Fsp3) is 0.167. The Balaban J connectivity index is 1.40. The van der Waals surface area contributed by atoms with Gasteiger partial charge in [0, 0.05) is 29.7 Å². The number of hydrogen-bond donors (Lipinski definition) is 2. The second-order valence-electron chi connectivity index (χ2n) is 7.88. The molecule has 5 rings (SSSR count). The Kier molecular flexibility index (Phi) is 5.37. The summed E-state index contributed by atoms with van der Waals surface area (Å²) < 4.78 is 42.9. The third-order valence-corrected chi connectivity index (χ3v) is 5.76. The molecule has 2 N–H and O–H groups in total. The largest absolute Gasteiger partial charge is 0.364 e. The number of rotatable bonds is 4. The number of hydrogen-bond acceptors (Lipinski definition) is 3. The van der Waals surface area contributed by atoms with Crippen molar-refractivity contribution in [3.05, 3.63) is 90.0 Å². The van der Waals surface area contributed by atoms with Crippen LogP contribution in [0, 0.1) is 17.5 Å². The maximum absolute atomic E-state index is 14.4. The van der Waals surface area contributed by atoms with Gasteiger partial charge in [0.2, 0.25) is 0 Å². The van der Waals surface area contributed by atoms with Crippen molar-refractivity contribution in [2.75, 3.05) is 22.1 Å². The molecule has 0 radical (unpaired) electrons. The Morgan fingerprint density at radius 2 is 1.76 bits per heavy atom. The van der Waals surface area contributed by atoms with Crippen LogP contribution in [-0.4, -0.2) is 22.2 Å². The minimum atomic E-state index is -0.497. The molecule has 1 atom stereocenters. The van der Waals surface area contributed by atoms with Gasteiger partial charge in [-0.25, -0.2) is 22.5 Å². The summed E-state index contributed by atoms with van der Waals surface area (Å²) in [6.07, 6.45) is 4.83. The summed E-state index contributed by atoms with van der Waals surface area (Å²) in [5, 5.41) is 9.65. The molecule has 4 aromatic rings. The fourth-order valence-corrected chi connectivity index (χ4v) is 4.23. The zero-order valence-electron chi connectivity index (χ0n) is 17.4. The summed E-state index contributed by atoms with van der Waals surface area (Å²) in [5.74, 6) is -1.30. The van der Waals surface area contributed by atoms with Crippen molar-refractivity contribution < 1.29 is 18.0 Å². The fourth-order valence-electron chi connectivity index (χ4n) is 4.23. The van der Waals surface area contributed by atoms with Gasteiger partial charge in [-0.1, -0.05) is 0 Å². The molecule has 0 bridgehead atoms. The van der Waals surface area contributed by atoms with E-state index in [0.717, 1.165) is 24.2 Å². The summed E-state index contributed by atoms with van der Waals surface area (Å²) >= 11 is 0. The van der Waals surface area contributed by atoms with Crippen molar-refractivity contribution in [2.45, 2.75) is 18.9 Å². The zero-order chi connectivity index (χ0) is 22.9. The number of nitrogens with one attached hydrogen (secondary N) is 2. The molecule has 1 saturated heterocycles. The van der Waals surface area contributed by atoms with E-state index in [0.29, 0.717) is 35.4 Å². The molecule has 9 heteroatoms. The number of aromatic nitrogens is 2. The summed E-state index contributed by atoms with van der Waals surface area (Å²) in [6, 6.07) is 11.9. The number of urea groups is 1. The van der Waals surface area contributed by atoms with E-state index >= 15 is 0 Å². The molecule has 1 aliphatic rings. The number of fused-ring (bicyclic) bond motifs is 1. The van der Waals surface area contributed by atoms with E-state index in [9.17, 15) is 18.0 Å². The van der Waals surface area contributed by atoms with Crippen molar-refractivity contribution in [2.24, 2.45) is 0 Å². The smallest absolute Gasteiger partial charge is 0.323 e. The first kappa shape index (κ1) is 20.9. The Morgan fingerprint density at radius 1 is 0.970 bits per heavy atom. The van der Waals surface area contributed by atoms with Crippen LogP contribution in [0.2, 0.25) is 0 Å². The third kappa shape index (κ3) is 4.21. The predicted octanol–water partition coefficient (Wildman–Crippen LogP) is 5.74. The number of halogens is 3. The molecular weight excluding hydrogens is 431 g/mol. The molecule has 2 aromatic heterocycles. The number of amides is 2. The number of benzene rings is 2. The van der Waals surface area contributed by atoms with Gasteiger partial charge < -0.3 is 15.5 Å². The summed E-state index contributed by atoms with van der Waals surface area (Å²) in [4.78, 5) is 14.5. The number of nitrogens with zero attached hydrogens (tertiary/aromatic N) is 3. The quantitative estimate of drug-likeness (QED) is 0.416. The molecule has 0 unspecified atom stereocenters. The van der Waals surface area contributed by atoms with Crippen LogP contribution in [0.3, 0.4) is 0 Å². The number of pyridine rings is 1. The van der Waals surface area contributed by atoms with Gasteiger partial charge in [0.05, 0.1) is 23.4 Å². The Hall–Kier alpha value is -4.01. The second kappa shape index (κ2) is 8.50. The minimum absolute atomic E-state index is 0.288. The van der Waals surface area contributed by atoms with Crippen molar-refractivity contribution in [3.63, 3.8) is 0 Å². The van der Waals surface area contributed by atoms with Crippen molar-refractivity contribution in [1.29, 1.82) is 0 Å². The van der Waals surface area contributed by atoms with Crippen molar-refractivity contribution >= 4 is 28.6 Å². The first-order chi connectivity index (χ1) is 16.0. The molecular formula is C24H20F3N5O. The normalized spacial score (nSPS) is 15.7. The van der Waals surface area contributed by atoms with Crippen LogP contribution in [0.5, 0.6) is 0 Å². The Morgan fingerprint density at radius 3 is 2.58 bits per heavy atom. The van der Waals surface area contributed by atoms with Crippen LogP contribution in [-0.2, 0) is 0 Å². The van der Waals surface area contributed by atoms with Crippen LogP contribution >= 0.6 is 0 Å². The molecule has 33 heavy (non-hydrogen) atoms. The lowest BCUT2D eigenvalue weighted by Crippen LogP contribution is -2.23. The Bertz CT molecular complexity index is 1320. The van der Waals surface area contributed by atoms with E-state index in [1.165, 1.54) is 36.5 Å². The third-order valence-electron chi connectivity index (χ3n) is 5.76. The number of anilines is 3. The van der Waals surface area contributed by atoms with Crippen LogP contribution in [0.15, 0.2) is 67.0 Å². The average Bonchev–Trinajstić information content (AvgIpc) is 3.44. The van der Waals surface area contributed by atoms with Gasteiger partial charge in [-0.3, -0.25) is 0 Å². The minimum Gasteiger partial charge on any atom is -0.364 e. The summed E-state index contributed by atoms with van der Waals surface area (Å²) in [7, 11) is 0. The van der Waals surface area contributed by atoms with Gasteiger partial charge >= 0.3 is 6.03 Å². The van der Waals surface area contributed by atoms with Gasteiger partial charge in [0.15, 0.2) is 0 Å². The summed E-state index contributed by atoms with van der Waals surface area (Å²) in [6.45, 7) is 0.693. The molecule has 0 saturated carbocycles. The predicted molar refractivity (Wildman–Crippen MR) is 120 cm³/mol. The average molecular weight is 451 g/mol. The van der Waals surface area contributed by atoms with Crippen LogP contribution < -0.4 is 15.5 Å². The van der Waals surface area contributed by atoms with Crippen LogP contribution in [0.4, 0.5) is 35.0 Å². The zero-order valence-corrected chi connectivity index (χ0v) is 17.4. The first-order valence-corrected chi connectivity index (χ1v) is 10.5. The van der Waals surface area contributed by atoms with Crippen LogP contribution in [0.25, 0.3) is 5.52 Å². The van der Waals surface area contributed by atoms with Gasteiger partial charge in [0.25, 0.3) is 0 Å². The number of carbonyl (C=O) groups excluding carboxylic acids is 1. The van der Waals surface area contributed by atoms with E-state index < -0.39 is 23.5 Å². The highest BCUT2D eigenvalue weighted by Crippen LogP contribution is 2.38. The van der Waals surface area contributed by atoms with Crippen molar-refractivity contribution in [3.8, 4) is 0 Å². The highest BCUT2D eigenvalue weighted by atomic mass is 19.1. The van der Waals surface area contributed by atoms with Crippen molar-refractivity contribution in [1.82, 2.24) is 9.61 Å². The number of carbonyl (C=O) groups is 1. The van der Waals surface area contributed by atoms with Gasteiger partial charge in [-0.2, -0.15) is 5.10 Å². The molecule has 1 aliphatic heterocycles. The van der Waals surface area contributed by atoms with Gasteiger partial charge in [0.1, 0.15) is 17.5 Å². The SMILES string of the molecule is O=C(Nc1ccc(F)cc1)Nc1cnn2ccc(N3CCC[C@@H]3c3cc(F)ccc3F)cc12. The standard InChI is InChI=1S/C24H20F3N5O/c25-15-3-6-17(7-4-15)29-24(33)30-21-14-28-32-11-9-18(13-23(21)32)31-10-1-2-22(31)19-12-16(26)5-8-20(19)27/h3-9,11-14,22H,1-2,10H2,(H2,29,30,33)/t22-/m1/s1. The van der Waals surface area contributed by atoms with E-state index in [-0.39, 0.29) is 6.04 Å². The molecule has 6 nitrogen and oxygen atoms in total. The molecule has 1 fully saturated rings. The Labute approximate surface area is 187 Å². The summed E-state index contributed by atoms with van der Waals surface area (Å²) in [5.41, 5.74) is 2.72. The molecule has 168 valence electrons. The topological polar surface area (TPSA) is 61.7 Å². The lowest BCUT2D eigenvalue weighted by atomic mass is 10.0. The maximum Gasteiger partial charge on any atom is 0.323 e. The van der Waals surface area contributed by atoms with E-state index in [1.54, 1.807) is 10.7 Å². The molecule has 3 heterocycles. The highest BCUT2D eigenvalue weighted by molar-refractivity contribution is 6.02.